The summed E-state index contributed by atoms with van der Waals surface area (Å²) in [4.78, 5) is 2.55. The first kappa shape index (κ1) is 17.7. The van der Waals surface area contributed by atoms with Crippen LogP contribution in [0.2, 0.25) is 13.1 Å². The Hall–Kier alpha value is -1.64. The van der Waals surface area contributed by atoms with Gasteiger partial charge in [-0.1, -0.05) is 85.0 Å². The summed E-state index contributed by atoms with van der Waals surface area (Å²) in [7, 11) is 0.603. The van der Waals surface area contributed by atoms with Crippen molar-refractivity contribution in [3.63, 3.8) is 0 Å². The monoisotopic (exact) mass is 323 g/mol. The van der Waals surface area contributed by atoms with Gasteiger partial charge >= 0.3 is 0 Å². The summed E-state index contributed by atoms with van der Waals surface area (Å²) in [5.74, 6) is 0. The largest absolute Gasteiger partial charge is 0.302 e. The summed E-state index contributed by atoms with van der Waals surface area (Å²) in [5, 5.41) is 1.52. The minimum absolute atomic E-state index is 0.482. The van der Waals surface area contributed by atoms with Gasteiger partial charge in [0.15, 0.2) is 0 Å². The molecule has 0 aliphatic heterocycles. The van der Waals surface area contributed by atoms with E-state index < -0.39 is 8.07 Å². The zero-order chi connectivity index (χ0) is 16.7. The third-order valence-corrected chi connectivity index (χ3v) is 8.64. The van der Waals surface area contributed by atoms with Crippen molar-refractivity contribution in [2.45, 2.75) is 31.6 Å². The zero-order valence-electron chi connectivity index (χ0n) is 14.7. The molecule has 2 heteroatoms. The SMILES string of the molecule is C=CCCCN(C)C(c1ccccc1)[Si](C)(C)c1ccccc1. The van der Waals surface area contributed by atoms with Gasteiger partial charge in [0.2, 0.25) is 0 Å². The summed E-state index contributed by atoms with van der Waals surface area (Å²) < 4.78 is 0. The zero-order valence-corrected chi connectivity index (χ0v) is 15.7. The lowest BCUT2D eigenvalue weighted by atomic mass is 10.2. The Bertz CT molecular complexity index is 592. The first-order chi connectivity index (χ1) is 11.1. The first-order valence-corrected chi connectivity index (χ1v) is 11.6. The van der Waals surface area contributed by atoms with Gasteiger partial charge < -0.3 is 4.90 Å². The Morgan fingerprint density at radius 1 is 1.00 bits per heavy atom. The number of unbranched alkanes of at least 4 members (excludes halogenated alkanes) is 1. The van der Waals surface area contributed by atoms with Gasteiger partial charge in [-0.05, 0) is 32.0 Å². The molecule has 2 aromatic carbocycles. The predicted molar refractivity (Wildman–Crippen MR) is 105 cm³/mol. The standard InChI is InChI=1S/C21H29NSi/c1-5-6-13-18-22(2)21(19-14-9-7-10-15-19)23(3,4)20-16-11-8-12-17-20/h5,7-12,14-17,21H,1,6,13,18H2,2-4H3. The summed E-state index contributed by atoms with van der Waals surface area (Å²) in [6, 6.07) is 22.1. The molecule has 0 aliphatic carbocycles. The van der Waals surface area contributed by atoms with Gasteiger partial charge in [-0.2, -0.15) is 0 Å². The van der Waals surface area contributed by atoms with E-state index in [1.54, 1.807) is 0 Å². The molecule has 23 heavy (non-hydrogen) atoms. The van der Waals surface area contributed by atoms with Crippen LogP contribution in [0.4, 0.5) is 0 Å². The molecule has 0 spiro atoms. The number of hydrogen-bond acceptors (Lipinski definition) is 1. The molecule has 0 saturated heterocycles. The molecule has 0 aliphatic rings. The number of hydrogen-bond donors (Lipinski definition) is 0. The second kappa shape index (κ2) is 8.28. The van der Waals surface area contributed by atoms with Crippen molar-refractivity contribution in [3.8, 4) is 0 Å². The summed E-state index contributed by atoms with van der Waals surface area (Å²) in [6.45, 7) is 9.93. The lowest BCUT2D eigenvalue weighted by molar-refractivity contribution is 0.300. The normalized spacial score (nSPS) is 13.0. The molecular weight excluding hydrogens is 294 g/mol. The molecule has 0 saturated carbocycles. The highest BCUT2D eigenvalue weighted by molar-refractivity contribution is 6.90. The molecule has 0 fully saturated rings. The van der Waals surface area contributed by atoms with Crippen molar-refractivity contribution >= 4 is 13.3 Å². The van der Waals surface area contributed by atoms with Crippen molar-refractivity contribution in [2.24, 2.45) is 0 Å². The Morgan fingerprint density at radius 2 is 1.57 bits per heavy atom. The van der Waals surface area contributed by atoms with Gasteiger partial charge in [-0.25, -0.2) is 0 Å². The lowest BCUT2D eigenvalue weighted by Crippen LogP contribution is -2.53. The van der Waals surface area contributed by atoms with Crippen molar-refractivity contribution in [1.82, 2.24) is 4.90 Å². The van der Waals surface area contributed by atoms with Gasteiger partial charge in [0.25, 0.3) is 0 Å². The molecule has 1 unspecified atom stereocenters. The molecule has 2 rings (SSSR count). The molecular formula is C21H29NSi. The maximum absolute atomic E-state index is 3.85. The summed E-state index contributed by atoms with van der Waals surface area (Å²) in [6.07, 6.45) is 4.27. The van der Waals surface area contributed by atoms with Crippen LogP contribution < -0.4 is 5.19 Å². The van der Waals surface area contributed by atoms with Crippen LogP contribution in [-0.2, 0) is 0 Å². The van der Waals surface area contributed by atoms with Crippen LogP contribution in [0.5, 0.6) is 0 Å². The summed E-state index contributed by atoms with van der Waals surface area (Å²) >= 11 is 0. The van der Waals surface area contributed by atoms with Gasteiger partial charge in [0.1, 0.15) is 8.07 Å². The number of benzene rings is 2. The van der Waals surface area contributed by atoms with Gasteiger partial charge in [-0.15, -0.1) is 6.58 Å². The van der Waals surface area contributed by atoms with Gasteiger partial charge in [0, 0.05) is 5.67 Å². The highest BCUT2D eigenvalue weighted by Gasteiger charge is 2.37. The third-order valence-electron chi connectivity index (χ3n) is 4.68. The second-order valence-electron chi connectivity index (χ2n) is 6.81. The Labute approximate surface area is 142 Å². The smallest absolute Gasteiger partial charge is 0.104 e. The fraction of sp³-hybridized carbons (Fsp3) is 0.333. The molecule has 1 atom stereocenters. The van der Waals surface area contributed by atoms with Gasteiger partial charge in [-0.3, -0.25) is 0 Å². The van der Waals surface area contributed by atoms with Crippen molar-refractivity contribution < 1.29 is 0 Å². The van der Waals surface area contributed by atoms with Crippen LogP contribution in [-0.4, -0.2) is 26.6 Å². The van der Waals surface area contributed by atoms with E-state index in [0.717, 1.165) is 13.0 Å². The van der Waals surface area contributed by atoms with E-state index in [4.69, 9.17) is 0 Å². The number of rotatable bonds is 8. The Kier molecular flexibility index (Phi) is 6.37. The average molecular weight is 324 g/mol. The van der Waals surface area contributed by atoms with Gasteiger partial charge in [0.05, 0.1) is 0 Å². The first-order valence-electron chi connectivity index (χ1n) is 8.49. The minimum atomic E-state index is -1.67. The molecule has 1 nitrogen and oxygen atoms in total. The van der Waals surface area contributed by atoms with E-state index in [9.17, 15) is 0 Å². The molecule has 0 amide bonds. The quantitative estimate of drug-likeness (QED) is 0.384. The third kappa shape index (κ3) is 4.43. The maximum atomic E-state index is 3.85. The topological polar surface area (TPSA) is 3.24 Å². The van der Waals surface area contributed by atoms with Crippen LogP contribution in [0.15, 0.2) is 73.3 Å². The highest BCUT2D eigenvalue weighted by atomic mass is 28.3. The van der Waals surface area contributed by atoms with E-state index in [2.05, 4.69) is 92.3 Å². The summed E-state index contributed by atoms with van der Waals surface area (Å²) in [5.41, 5.74) is 1.92. The van der Waals surface area contributed by atoms with Crippen LogP contribution >= 0.6 is 0 Å². The molecule has 0 bridgehead atoms. The molecule has 0 heterocycles. The Balaban J connectivity index is 2.35. The average Bonchev–Trinajstić information content (AvgIpc) is 2.57. The predicted octanol–water partition coefficient (Wildman–Crippen LogP) is 4.78. The highest BCUT2D eigenvalue weighted by Crippen LogP contribution is 2.30. The van der Waals surface area contributed by atoms with Crippen molar-refractivity contribution in [3.05, 3.63) is 78.9 Å². The lowest BCUT2D eigenvalue weighted by Gasteiger charge is -2.40. The minimum Gasteiger partial charge on any atom is -0.302 e. The second-order valence-corrected chi connectivity index (χ2v) is 11.4. The number of allylic oxidation sites excluding steroid dienone is 1. The molecule has 2 aromatic rings. The van der Waals surface area contributed by atoms with Crippen LogP contribution in [0.3, 0.4) is 0 Å². The van der Waals surface area contributed by atoms with E-state index in [1.165, 1.54) is 17.2 Å². The van der Waals surface area contributed by atoms with Crippen LogP contribution in [0, 0.1) is 0 Å². The van der Waals surface area contributed by atoms with Crippen molar-refractivity contribution in [1.29, 1.82) is 0 Å². The van der Waals surface area contributed by atoms with Crippen LogP contribution in [0.25, 0.3) is 0 Å². The van der Waals surface area contributed by atoms with E-state index in [0.29, 0.717) is 5.67 Å². The number of nitrogens with zero attached hydrogens (tertiary/aromatic N) is 1. The fourth-order valence-electron chi connectivity index (χ4n) is 3.50. The molecule has 0 radical (unpaired) electrons. The van der Waals surface area contributed by atoms with E-state index in [1.807, 2.05) is 6.08 Å². The van der Waals surface area contributed by atoms with E-state index >= 15 is 0 Å². The molecule has 122 valence electrons. The van der Waals surface area contributed by atoms with E-state index in [-0.39, 0.29) is 0 Å². The molecule has 0 aromatic heterocycles. The maximum Gasteiger partial charge on any atom is 0.104 e. The fourth-order valence-corrected chi connectivity index (χ4v) is 7.12. The van der Waals surface area contributed by atoms with Crippen LogP contribution in [0.1, 0.15) is 24.1 Å². The Morgan fingerprint density at radius 3 is 2.13 bits per heavy atom. The van der Waals surface area contributed by atoms with Crippen molar-refractivity contribution in [2.75, 3.05) is 13.6 Å². The molecule has 0 N–H and O–H groups in total.